The molecule has 1 N–H and O–H groups in total. The number of likely N-dealkylation sites (tertiary alicyclic amines) is 1. The summed E-state index contributed by atoms with van der Waals surface area (Å²) in [7, 11) is 0. The number of guanidine groups is 1. The summed E-state index contributed by atoms with van der Waals surface area (Å²) in [4.78, 5) is 10.5. The van der Waals surface area contributed by atoms with Crippen molar-refractivity contribution in [1.29, 1.82) is 0 Å². The number of hydrogen-bond acceptors (Lipinski definition) is 4. The second kappa shape index (κ2) is 12.4. The van der Waals surface area contributed by atoms with Crippen molar-refractivity contribution in [2.24, 2.45) is 10.9 Å². The molecule has 0 unspecified atom stereocenters. The van der Waals surface area contributed by atoms with E-state index in [1.807, 2.05) is 6.92 Å². The van der Waals surface area contributed by atoms with E-state index in [-0.39, 0.29) is 24.0 Å². The summed E-state index contributed by atoms with van der Waals surface area (Å²) in [5.74, 6) is 1.57. The number of rotatable bonds is 7. The van der Waals surface area contributed by atoms with E-state index in [1.54, 1.807) is 0 Å². The summed E-state index contributed by atoms with van der Waals surface area (Å²) in [5, 5.41) is 4.84. The third-order valence-electron chi connectivity index (χ3n) is 5.55. The SMILES string of the molecule is CCNC(=NCCc1nc(C(F)(F)F)cs1)N1CCC(OCC2CCCC2)CC1.I. The van der Waals surface area contributed by atoms with Crippen molar-refractivity contribution in [3.8, 4) is 0 Å². The van der Waals surface area contributed by atoms with E-state index in [1.165, 1.54) is 25.7 Å². The third-order valence-corrected chi connectivity index (χ3v) is 6.46. The van der Waals surface area contributed by atoms with Crippen molar-refractivity contribution in [3.63, 3.8) is 0 Å². The molecule has 0 radical (unpaired) electrons. The van der Waals surface area contributed by atoms with Crippen LogP contribution < -0.4 is 5.32 Å². The molecule has 5 nitrogen and oxygen atoms in total. The van der Waals surface area contributed by atoms with E-state index in [9.17, 15) is 13.2 Å². The van der Waals surface area contributed by atoms with Crippen LogP contribution in [0.25, 0.3) is 0 Å². The van der Waals surface area contributed by atoms with E-state index < -0.39 is 11.9 Å². The van der Waals surface area contributed by atoms with E-state index in [0.717, 1.165) is 67.7 Å². The van der Waals surface area contributed by atoms with Crippen LogP contribution in [0, 0.1) is 5.92 Å². The molecule has 30 heavy (non-hydrogen) atoms. The molecule has 0 bridgehead atoms. The van der Waals surface area contributed by atoms with Gasteiger partial charge in [-0.1, -0.05) is 12.8 Å². The molecule has 2 aliphatic rings. The third kappa shape index (κ3) is 7.81. The number of nitrogens with zero attached hydrogens (tertiary/aromatic N) is 3. The molecule has 0 amide bonds. The number of halogens is 4. The largest absolute Gasteiger partial charge is 0.434 e. The van der Waals surface area contributed by atoms with Crippen molar-refractivity contribution < 1.29 is 17.9 Å². The summed E-state index contributed by atoms with van der Waals surface area (Å²) in [6.45, 7) is 5.86. The van der Waals surface area contributed by atoms with Gasteiger partial charge in [0, 0.05) is 44.6 Å². The fraction of sp³-hybridized carbons (Fsp3) is 0.800. The highest BCUT2D eigenvalue weighted by molar-refractivity contribution is 14.0. The van der Waals surface area contributed by atoms with Crippen LogP contribution in [0.15, 0.2) is 10.4 Å². The lowest BCUT2D eigenvalue weighted by Gasteiger charge is -2.34. The number of hydrogen-bond donors (Lipinski definition) is 1. The molecule has 1 aliphatic carbocycles. The van der Waals surface area contributed by atoms with Gasteiger partial charge in [-0.25, -0.2) is 4.98 Å². The molecule has 0 spiro atoms. The van der Waals surface area contributed by atoms with Gasteiger partial charge in [0.2, 0.25) is 0 Å². The predicted molar refractivity (Wildman–Crippen MR) is 125 cm³/mol. The number of ether oxygens (including phenoxy) is 1. The molecule has 1 aromatic heterocycles. The summed E-state index contributed by atoms with van der Waals surface area (Å²) in [6, 6.07) is 0. The molecule has 1 saturated carbocycles. The molecule has 2 fully saturated rings. The van der Waals surface area contributed by atoms with Gasteiger partial charge < -0.3 is 15.0 Å². The normalized spacial score (nSPS) is 19.2. The van der Waals surface area contributed by atoms with Crippen LogP contribution in [0.4, 0.5) is 13.2 Å². The predicted octanol–water partition coefficient (Wildman–Crippen LogP) is 4.96. The van der Waals surface area contributed by atoms with E-state index in [4.69, 9.17) is 4.74 Å². The minimum atomic E-state index is -4.38. The van der Waals surface area contributed by atoms with Gasteiger partial charge in [-0.2, -0.15) is 13.2 Å². The fourth-order valence-electron chi connectivity index (χ4n) is 3.92. The Kier molecular flexibility index (Phi) is 10.6. The minimum Gasteiger partial charge on any atom is -0.378 e. The van der Waals surface area contributed by atoms with Gasteiger partial charge in [0.1, 0.15) is 0 Å². The maximum atomic E-state index is 12.7. The summed E-state index contributed by atoms with van der Waals surface area (Å²) in [6.07, 6.45) is 3.62. The molecule has 10 heteroatoms. The maximum absolute atomic E-state index is 12.7. The number of alkyl halides is 3. The van der Waals surface area contributed by atoms with Crippen LogP contribution >= 0.6 is 35.3 Å². The lowest BCUT2D eigenvalue weighted by Crippen LogP contribution is -2.47. The Bertz CT molecular complexity index is 657. The highest BCUT2D eigenvalue weighted by Gasteiger charge is 2.33. The fourth-order valence-corrected chi connectivity index (χ4v) is 4.72. The van der Waals surface area contributed by atoms with Crippen LogP contribution in [-0.2, 0) is 17.3 Å². The number of nitrogens with one attached hydrogen (secondary N) is 1. The smallest absolute Gasteiger partial charge is 0.378 e. The Morgan fingerprint density at radius 2 is 1.97 bits per heavy atom. The first-order valence-corrected chi connectivity index (χ1v) is 11.5. The zero-order chi connectivity index (χ0) is 20.7. The molecular formula is C20H32F3IN4OS. The summed E-state index contributed by atoms with van der Waals surface area (Å²) < 4.78 is 44.1. The highest BCUT2D eigenvalue weighted by atomic mass is 127. The number of aromatic nitrogens is 1. The molecule has 1 saturated heterocycles. The number of piperidine rings is 1. The summed E-state index contributed by atoms with van der Waals surface area (Å²) in [5.41, 5.74) is -0.812. The van der Waals surface area contributed by atoms with Crippen molar-refractivity contribution in [2.75, 3.05) is 32.8 Å². The molecular weight excluding hydrogens is 528 g/mol. The zero-order valence-corrected chi connectivity index (χ0v) is 20.6. The standard InChI is InChI=1S/C20H31F3N4OS.HI/c1-2-24-19(25-10-7-18-26-17(14-29-18)20(21,22)23)27-11-8-16(9-12-27)28-13-15-5-3-4-6-15;/h14-16H,2-13H2,1H3,(H,24,25);1H. The zero-order valence-electron chi connectivity index (χ0n) is 17.4. The van der Waals surface area contributed by atoms with Gasteiger partial charge in [0.25, 0.3) is 0 Å². The lowest BCUT2D eigenvalue weighted by atomic mass is 10.1. The monoisotopic (exact) mass is 560 g/mol. The second-order valence-electron chi connectivity index (χ2n) is 7.78. The minimum absolute atomic E-state index is 0. The number of thiazole rings is 1. The van der Waals surface area contributed by atoms with Crippen molar-refractivity contribution in [2.45, 2.75) is 64.1 Å². The quantitative estimate of drug-likeness (QED) is 0.291. The van der Waals surface area contributed by atoms with Crippen LogP contribution in [0.1, 0.15) is 56.2 Å². The molecule has 0 aromatic carbocycles. The summed E-state index contributed by atoms with van der Waals surface area (Å²) >= 11 is 1.04. The number of aliphatic imine (C=N–C) groups is 1. The second-order valence-corrected chi connectivity index (χ2v) is 8.72. The van der Waals surface area contributed by atoms with Crippen LogP contribution in [0.5, 0.6) is 0 Å². The van der Waals surface area contributed by atoms with Gasteiger partial charge in [-0.3, -0.25) is 4.99 Å². The van der Waals surface area contributed by atoms with Crippen LogP contribution in [0.3, 0.4) is 0 Å². The Labute approximate surface area is 197 Å². The Morgan fingerprint density at radius 1 is 1.27 bits per heavy atom. The van der Waals surface area contributed by atoms with Gasteiger partial charge in [0.05, 0.1) is 11.1 Å². The Balaban J connectivity index is 0.00000320. The lowest BCUT2D eigenvalue weighted by molar-refractivity contribution is -0.140. The highest BCUT2D eigenvalue weighted by Crippen LogP contribution is 2.30. The van der Waals surface area contributed by atoms with Gasteiger partial charge in [0.15, 0.2) is 11.7 Å². The van der Waals surface area contributed by atoms with Crippen LogP contribution in [-0.4, -0.2) is 54.7 Å². The maximum Gasteiger partial charge on any atom is 0.434 e. The van der Waals surface area contributed by atoms with Gasteiger partial charge in [-0.05, 0) is 38.5 Å². The van der Waals surface area contributed by atoms with Crippen molar-refractivity contribution in [1.82, 2.24) is 15.2 Å². The molecule has 0 atom stereocenters. The van der Waals surface area contributed by atoms with Crippen molar-refractivity contribution >= 4 is 41.3 Å². The molecule has 1 aromatic rings. The average Bonchev–Trinajstić information content (AvgIpc) is 3.38. The molecule has 3 rings (SSSR count). The van der Waals surface area contributed by atoms with E-state index >= 15 is 0 Å². The molecule has 2 heterocycles. The first-order valence-electron chi connectivity index (χ1n) is 10.6. The average molecular weight is 560 g/mol. The van der Waals surface area contributed by atoms with Crippen molar-refractivity contribution in [3.05, 3.63) is 16.1 Å². The molecule has 1 aliphatic heterocycles. The molecule has 172 valence electrons. The first-order chi connectivity index (χ1) is 14.0. The Hall–Kier alpha value is -0.620. The van der Waals surface area contributed by atoms with Crippen LogP contribution in [0.2, 0.25) is 0 Å². The van der Waals surface area contributed by atoms with E-state index in [2.05, 4.69) is 20.2 Å². The van der Waals surface area contributed by atoms with Gasteiger partial charge >= 0.3 is 6.18 Å². The van der Waals surface area contributed by atoms with E-state index in [0.29, 0.717) is 24.1 Å². The van der Waals surface area contributed by atoms with Gasteiger partial charge in [-0.15, -0.1) is 35.3 Å². The Morgan fingerprint density at radius 3 is 2.57 bits per heavy atom. The first kappa shape index (κ1) is 25.6. The topological polar surface area (TPSA) is 49.8 Å².